The molecular formula is C14H26N2O4. The third-order valence-electron chi connectivity index (χ3n) is 2.81. The Labute approximate surface area is 120 Å². The molecule has 0 bridgehead atoms. The lowest BCUT2D eigenvalue weighted by atomic mass is 10.2. The molecule has 3 N–H and O–H groups in total. The number of nitrogens with one attached hydrogen (secondary N) is 2. The quantitative estimate of drug-likeness (QED) is 0.456. The Hall–Kier alpha value is -1.43. The first-order valence-electron chi connectivity index (χ1n) is 7.26. The number of aliphatic hydroxyl groups is 1. The number of rotatable bonds is 12. The smallest absolute Gasteiger partial charge is 0.220 e. The van der Waals surface area contributed by atoms with Crippen molar-refractivity contribution < 1.29 is 19.5 Å². The fraction of sp³-hybridized carbons (Fsp3) is 0.786. The van der Waals surface area contributed by atoms with E-state index >= 15 is 0 Å². The summed E-state index contributed by atoms with van der Waals surface area (Å²) in [6.45, 7) is 2.86. The van der Waals surface area contributed by atoms with Crippen LogP contribution in [0, 0.1) is 0 Å². The highest BCUT2D eigenvalue weighted by atomic mass is 16.3. The van der Waals surface area contributed by atoms with Gasteiger partial charge in [0.05, 0.1) is 0 Å². The van der Waals surface area contributed by atoms with Crippen molar-refractivity contribution in [1.29, 1.82) is 0 Å². The molecule has 6 nitrogen and oxygen atoms in total. The van der Waals surface area contributed by atoms with Crippen LogP contribution >= 0.6 is 0 Å². The molecule has 0 unspecified atom stereocenters. The molecule has 116 valence electrons. The van der Waals surface area contributed by atoms with Crippen molar-refractivity contribution in [2.24, 2.45) is 0 Å². The molecule has 0 fully saturated rings. The maximum Gasteiger partial charge on any atom is 0.220 e. The molecule has 0 aromatic rings. The monoisotopic (exact) mass is 286 g/mol. The standard InChI is InChI=1S/C14H26N2O4/c1-2-12(18)6-4-9-15-13(19)7-3-8-14(20)16-10-5-11-17/h17H,2-11H2,1H3,(H,15,19)(H,16,20). The summed E-state index contributed by atoms with van der Waals surface area (Å²) in [4.78, 5) is 33.8. The number of amides is 2. The van der Waals surface area contributed by atoms with Crippen LogP contribution in [0.5, 0.6) is 0 Å². The average molecular weight is 286 g/mol. The van der Waals surface area contributed by atoms with Gasteiger partial charge in [0.25, 0.3) is 0 Å². The van der Waals surface area contributed by atoms with Crippen molar-refractivity contribution in [2.45, 2.75) is 51.9 Å². The summed E-state index contributed by atoms with van der Waals surface area (Å²) in [6, 6.07) is 0. The SMILES string of the molecule is CCC(=O)CCCNC(=O)CCCC(=O)NCCCO. The highest BCUT2D eigenvalue weighted by Gasteiger charge is 2.05. The minimum Gasteiger partial charge on any atom is -0.396 e. The molecule has 0 atom stereocenters. The Morgan fingerprint density at radius 2 is 1.40 bits per heavy atom. The van der Waals surface area contributed by atoms with Crippen molar-refractivity contribution >= 4 is 17.6 Å². The third kappa shape index (κ3) is 11.6. The van der Waals surface area contributed by atoms with E-state index in [2.05, 4.69) is 10.6 Å². The van der Waals surface area contributed by atoms with Crippen LogP contribution in [0.4, 0.5) is 0 Å². The van der Waals surface area contributed by atoms with Gasteiger partial charge in [-0.25, -0.2) is 0 Å². The van der Waals surface area contributed by atoms with Crippen LogP contribution in [0.15, 0.2) is 0 Å². The van der Waals surface area contributed by atoms with Crippen LogP contribution in [0.2, 0.25) is 0 Å². The van der Waals surface area contributed by atoms with Crippen molar-refractivity contribution in [1.82, 2.24) is 10.6 Å². The molecule has 0 aromatic heterocycles. The van der Waals surface area contributed by atoms with Crippen molar-refractivity contribution in [3.8, 4) is 0 Å². The van der Waals surface area contributed by atoms with Gasteiger partial charge in [0.1, 0.15) is 5.78 Å². The van der Waals surface area contributed by atoms with Crippen molar-refractivity contribution in [2.75, 3.05) is 19.7 Å². The second kappa shape index (κ2) is 12.6. The largest absolute Gasteiger partial charge is 0.396 e. The van der Waals surface area contributed by atoms with Gasteiger partial charge in [-0.1, -0.05) is 6.92 Å². The van der Waals surface area contributed by atoms with Gasteiger partial charge in [0.2, 0.25) is 11.8 Å². The third-order valence-corrected chi connectivity index (χ3v) is 2.81. The van der Waals surface area contributed by atoms with E-state index in [4.69, 9.17) is 5.11 Å². The Bertz CT molecular complexity index is 306. The second-order valence-electron chi connectivity index (χ2n) is 4.63. The highest BCUT2D eigenvalue weighted by Crippen LogP contribution is 1.97. The molecule has 0 aliphatic carbocycles. The number of ketones is 1. The molecule has 0 aromatic carbocycles. The number of Topliss-reactive ketones (excluding diaryl/α,β-unsaturated/α-hetero) is 1. The molecule has 0 rings (SSSR count). The van der Waals surface area contributed by atoms with E-state index in [1.54, 1.807) is 0 Å². The van der Waals surface area contributed by atoms with Crippen LogP contribution in [0.1, 0.15) is 51.9 Å². The lowest BCUT2D eigenvalue weighted by Gasteiger charge is -2.05. The minimum absolute atomic E-state index is 0.0588. The molecule has 0 aliphatic heterocycles. The van der Waals surface area contributed by atoms with Gasteiger partial charge in [-0.2, -0.15) is 0 Å². The average Bonchev–Trinajstić information content (AvgIpc) is 2.43. The maximum absolute atomic E-state index is 11.4. The summed E-state index contributed by atoms with van der Waals surface area (Å²) in [7, 11) is 0. The van der Waals surface area contributed by atoms with E-state index < -0.39 is 0 Å². The summed E-state index contributed by atoms with van der Waals surface area (Å²) < 4.78 is 0. The summed E-state index contributed by atoms with van der Waals surface area (Å²) in [5.41, 5.74) is 0. The molecular weight excluding hydrogens is 260 g/mol. The minimum atomic E-state index is -0.0974. The number of carbonyl (C=O) groups is 3. The number of hydrogen-bond acceptors (Lipinski definition) is 4. The maximum atomic E-state index is 11.4. The van der Waals surface area contributed by atoms with E-state index in [1.165, 1.54) is 0 Å². The summed E-state index contributed by atoms with van der Waals surface area (Å²) in [6.07, 6.45) is 3.39. The lowest BCUT2D eigenvalue weighted by Crippen LogP contribution is -2.27. The van der Waals surface area contributed by atoms with E-state index in [0.29, 0.717) is 58.0 Å². The van der Waals surface area contributed by atoms with Gasteiger partial charge < -0.3 is 15.7 Å². The second-order valence-corrected chi connectivity index (χ2v) is 4.63. The predicted octanol–water partition coefficient (Wildman–Crippen LogP) is 0.531. The fourth-order valence-corrected chi connectivity index (χ4v) is 1.58. The van der Waals surface area contributed by atoms with Gasteiger partial charge in [-0.05, 0) is 19.3 Å². The first-order valence-corrected chi connectivity index (χ1v) is 7.26. The topological polar surface area (TPSA) is 95.5 Å². The first kappa shape index (κ1) is 18.6. The van der Waals surface area contributed by atoms with E-state index in [-0.39, 0.29) is 24.2 Å². The van der Waals surface area contributed by atoms with Crippen LogP contribution in [-0.2, 0) is 14.4 Å². The molecule has 6 heteroatoms. The van der Waals surface area contributed by atoms with Crippen LogP contribution in [0.25, 0.3) is 0 Å². The fourth-order valence-electron chi connectivity index (χ4n) is 1.58. The van der Waals surface area contributed by atoms with E-state index in [0.717, 1.165) is 0 Å². The number of carbonyl (C=O) groups excluding carboxylic acids is 3. The summed E-state index contributed by atoms with van der Waals surface area (Å²) in [5, 5.41) is 13.9. The summed E-state index contributed by atoms with van der Waals surface area (Å²) >= 11 is 0. The molecule has 0 saturated heterocycles. The molecule has 20 heavy (non-hydrogen) atoms. The lowest BCUT2D eigenvalue weighted by molar-refractivity contribution is -0.123. The predicted molar refractivity (Wildman–Crippen MR) is 76.1 cm³/mol. The zero-order valence-electron chi connectivity index (χ0n) is 12.2. The van der Waals surface area contributed by atoms with E-state index in [9.17, 15) is 14.4 Å². The Morgan fingerprint density at radius 3 is 1.90 bits per heavy atom. The van der Waals surface area contributed by atoms with Crippen molar-refractivity contribution in [3.63, 3.8) is 0 Å². The Morgan fingerprint density at radius 1 is 0.850 bits per heavy atom. The Balaban J connectivity index is 3.44. The van der Waals surface area contributed by atoms with Gasteiger partial charge in [-0.3, -0.25) is 14.4 Å². The molecule has 0 saturated carbocycles. The molecule has 0 spiro atoms. The van der Waals surface area contributed by atoms with Gasteiger partial charge >= 0.3 is 0 Å². The van der Waals surface area contributed by atoms with Crippen LogP contribution in [0.3, 0.4) is 0 Å². The first-order chi connectivity index (χ1) is 9.60. The zero-order chi connectivity index (χ0) is 15.2. The van der Waals surface area contributed by atoms with Crippen LogP contribution in [-0.4, -0.2) is 42.4 Å². The molecule has 0 heterocycles. The van der Waals surface area contributed by atoms with Gasteiger partial charge in [-0.15, -0.1) is 0 Å². The summed E-state index contributed by atoms with van der Waals surface area (Å²) in [5.74, 6) is 0.0238. The number of aliphatic hydroxyl groups excluding tert-OH is 1. The normalized spacial score (nSPS) is 10.1. The molecule has 0 radical (unpaired) electrons. The van der Waals surface area contributed by atoms with Gasteiger partial charge in [0.15, 0.2) is 0 Å². The van der Waals surface area contributed by atoms with Crippen LogP contribution < -0.4 is 10.6 Å². The zero-order valence-corrected chi connectivity index (χ0v) is 12.2. The Kier molecular flexibility index (Phi) is 11.7. The highest BCUT2D eigenvalue weighted by molar-refractivity contribution is 5.79. The van der Waals surface area contributed by atoms with E-state index in [1.807, 2.05) is 6.92 Å². The van der Waals surface area contributed by atoms with Gasteiger partial charge in [0, 0.05) is 45.4 Å². The van der Waals surface area contributed by atoms with Crippen molar-refractivity contribution in [3.05, 3.63) is 0 Å². The molecule has 0 aliphatic rings. The number of hydrogen-bond donors (Lipinski definition) is 3. The molecule has 2 amide bonds.